The van der Waals surface area contributed by atoms with Gasteiger partial charge in [0.15, 0.2) is 0 Å². The van der Waals surface area contributed by atoms with Gasteiger partial charge in [0.05, 0.1) is 13.2 Å². The van der Waals surface area contributed by atoms with Gasteiger partial charge in [0, 0.05) is 5.41 Å². The summed E-state index contributed by atoms with van der Waals surface area (Å²) in [5, 5.41) is 3.29. The Kier molecular flexibility index (Phi) is 3.74. The third-order valence-corrected chi connectivity index (χ3v) is 3.65. The van der Waals surface area contributed by atoms with Crippen molar-refractivity contribution < 1.29 is 4.74 Å². The van der Waals surface area contributed by atoms with Crippen molar-refractivity contribution in [1.82, 2.24) is 5.32 Å². The zero-order valence-corrected chi connectivity index (χ0v) is 9.39. The van der Waals surface area contributed by atoms with Gasteiger partial charge in [-0.1, -0.05) is 27.2 Å². The van der Waals surface area contributed by atoms with Crippen molar-refractivity contribution in [3.8, 4) is 0 Å². The summed E-state index contributed by atoms with van der Waals surface area (Å²) < 4.78 is 5.40. The van der Waals surface area contributed by atoms with E-state index in [0.717, 1.165) is 31.6 Å². The molecule has 0 amide bonds. The first kappa shape index (κ1) is 11.0. The summed E-state index contributed by atoms with van der Waals surface area (Å²) in [5.74, 6) is 1.51. The van der Waals surface area contributed by atoms with Gasteiger partial charge in [-0.3, -0.25) is 0 Å². The van der Waals surface area contributed by atoms with Crippen LogP contribution in [-0.4, -0.2) is 26.8 Å². The van der Waals surface area contributed by atoms with Crippen LogP contribution in [-0.2, 0) is 4.74 Å². The van der Waals surface area contributed by atoms with E-state index < -0.39 is 0 Å². The van der Waals surface area contributed by atoms with Crippen LogP contribution in [0.15, 0.2) is 0 Å². The number of rotatable bonds is 5. The summed E-state index contributed by atoms with van der Waals surface area (Å²) in [5.41, 5.74) is 0.456. The average molecular weight is 185 g/mol. The van der Waals surface area contributed by atoms with Gasteiger partial charge in [0.25, 0.3) is 0 Å². The SMILES string of the molecule is CCC(CNC)C1(C(C)C)COC1. The molecule has 0 aromatic heterocycles. The first-order valence-electron chi connectivity index (χ1n) is 5.39. The van der Waals surface area contributed by atoms with Crippen LogP contribution < -0.4 is 5.32 Å². The second-order valence-corrected chi connectivity index (χ2v) is 4.54. The van der Waals surface area contributed by atoms with Crippen molar-refractivity contribution in [2.45, 2.75) is 27.2 Å². The van der Waals surface area contributed by atoms with Crippen molar-refractivity contribution in [3.63, 3.8) is 0 Å². The molecule has 1 atom stereocenters. The lowest BCUT2D eigenvalue weighted by Crippen LogP contribution is -2.54. The van der Waals surface area contributed by atoms with Crippen molar-refractivity contribution in [2.24, 2.45) is 17.3 Å². The summed E-state index contributed by atoms with van der Waals surface area (Å²) in [6.45, 7) is 9.97. The van der Waals surface area contributed by atoms with E-state index in [4.69, 9.17) is 4.74 Å². The highest BCUT2D eigenvalue weighted by Crippen LogP contribution is 2.43. The minimum Gasteiger partial charge on any atom is -0.380 e. The summed E-state index contributed by atoms with van der Waals surface area (Å²) in [6, 6.07) is 0. The molecule has 1 unspecified atom stereocenters. The van der Waals surface area contributed by atoms with E-state index in [1.165, 1.54) is 6.42 Å². The van der Waals surface area contributed by atoms with Gasteiger partial charge in [-0.25, -0.2) is 0 Å². The second-order valence-electron chi connectivity index (χ2n) is 4.54. The van der Waals surface area contributed by atoms with Crippen LogP contribution in [0.1, 0.15) is 27.2 Å². The molecule has 1 saturated heterocycles. The Bertz CT molecular complexity index is 152. The molecule has 1 N–H and O–H groups in total. The number of nitrogens with one attached hydrogen (secondary N) is 1. The van der Waals surface area contributed by atoms with Crippen LogP contribution in [0.2, 0.25) is 0 Å². The lowest BCUT2D eigenvalue weighted by atomic mass is 9.65. The van der Waals surface area contributed by atoms with Gasteiger partial charge in [-0.2, -0.15) is 0 Å². The molecule has 2 heteroatoms. The molecular formula is C11H23NO. The topological polar surface area (TPSA) is 21.3 Å². The monoisotopic (exact) mass is 185 g/mol. The van der Waals surface area contributed by atoms with E-state index in [-0.39, 0.29) is 0 Å². The highest BCUT2D eigenvalue weighted by Gasteiger charge is 2.46. The normalized spacial score (nSPS) is 22.8. The maximum Gasteiger partial charge on any atom is 0.0550 e. The van der Waals surface area contributed by atoms with Crippen LogP contribution >= 0.6 is 0 Å². The molecule has 1 fully saturated rings. The molecule has 0 bridgehead atoms. The molecule has 0 spiro atoms. The molecule has 2 nitrogen and oxygen atoms in total. The van der Waals surface area contributed by atoms with Crippen molar-refractivity contribution in [2.75, 3.05) is 26.8 Å². The van der Waals surface area contributed by atoms with Gasteiger partial charge in [-0.05, 0) is 25.4 Å². The van der Waals surface area contributed by atoms with Crippen molar-refractivity contribution in [3.05, 3.63) is 0 Å². The average Bonchev–Trinajstić information content (AvgIpc) is 2.00. The Balaban J connectivity index is 2.61. The molecule has 0 radical (unpaired) electrons. The Morgan fingerprint density at radius 2 is 2.00 bits per heavy atom. The third-order valence-electron chi connectivity index (χ3n) is 3.65. The minimum atomic E-state index is 0.456. The highest BCUT2D eigenvalue weighted by molar-refractivity contribution is 4.94. The van der Waals surface area contributed by atoms with E-state index in [2.05, 4.69) is 26.1 Å². The molecule has 0 aliphatic carbocycles. The van der Waals surface area contributed by atoms with Gasteiger partial charge in [0.2, 0.25) is 0 Å². The fourth-order valence-electron chi connectivity index (χ4n) is 2.38. The van der Waals surface area contributed by atoms with Crippen LogP contribution in [0.5, 0.6) is 0 Å². The second kappa shape index (κ2) is 4.43. The molecule has 0 saturated carbocycles. The Morgan fingerprint density at radius 1 is 1.38 bits per heavy atom. The van der Waals surface area contributed by atoms with Gasteiger partial charge in [0.1, 0.15) is 0 Å². The van der Waals surface area contributed by atoms with Crippen LogP contribution in [0.3, 0.4) is 0 Å². The smallest absolute Gasteiger partial charge is 0.0550 e. The summed E-state index contributed by atoms with van der Waals surface area (Å²) >= 11 is 0. The first-order valence-corrected chi connectivity index (χ1v) is 5.39. The minimum absolute atomic E-state index is 0.456. The van der Waals surface area contributed by atoms with Gasteiger partial charge >= 0.3 is 0 Å². The zero-order valence-electron chi connectivity index (χ0n) is 9.39. The molecule has 1 rings (SSSR count). The lowest BCUT2D eigenvalue weighted by molar-refractivity contribution is -0.171. The summed E-state index contributed by atoms with van der Waals surface area (Å²) in [4.78, 5) is 0. The van der Waals surface area contributed by atoms with E-state index in [9.17, 15) is 0 Å². The molecule has 0 aromatic rings. The quantitative estimate of drug-likeness (QED) is 0.706. The number of hydrogen-bond acceptors (Lipinski definition) is 2. The lowest BCUT2D eigenvalue weighted by Gasteiger charge is -2.50. The Hall–Kier alpha value is -0.0800. The molecule has 0 aromatic carbocycles. The fraction of sp³-hybridized carbons (Fsp3) is 1.00. The first-order chi connectivity index (χ1) is 6.17. The molecule has 13 heavy (non-hydrogen) atoms. The van der Waals surface area contributed by atoms with E-state index >= 15 is 0 Å². The van der Waals surface area contributed by atoms with E-state index in [1.54, 1.807) is 0 Å². The Morgan fingerprint density at radius 3 is 2.23 bits per heavy atom. The van der Waals surface area contributed by atoms with Crippen molar-refractivity contribution in [1.29, 1.82) is 0 Å². The summed E-state index contributed by atoms with van der Waals surface area (Å²) in [6.07, 6.45) is 1.25. The predicted octanol–water partition coefficient (Wildman–Crippen LogP) is 1.90. The maximum absolute atomic E-state index is 5.40. The number of ether oxygens (including phenoxy) is 1. The third kappa shape index (κ3) is 1.89. The molecule has 1 aliphatic rings. The van der Waals surface area contributed by atoms with Crippen molar-refractivity contribution >= 4 is 0 Å². The van der Waals surface area contributed by atoms with Crippen LogP contribution in [0, 0.1) is 17.3 Å². The van der Waals surface area contributed by atoms with Gasteiger partial charge < -0.3 is 10.1 Å². The molecule has 1 heterocycles. The summed E-state index contributed by atoms with van der Waals surface area (Å²) in [7, 11) is 2.04. The van der Waals surface area contributed by atoms with E-state index in [0.29, 0.717) is 5.41 Å². The van der Waals surface area contributed by atoms with Gasteiger partial charge in [-0.15, -0.1) is 0 Å². The fourth-order valence-corrected chi connectivity index (χ4v) is 2.38. The van der Waals surface area contributed by atoms with E-state index in [1.807, 2.05) is 7.05 Å². The predicted molar refractivity (Wildman–Crippen MR) is 55.8 cm³/mol. The van der Waals surface area contributed by atoms with Crippen LogP contribution in [0.4, 0.5) is 0 Å². The standard InChI is InChI=1S/C11H23NO/c1-5-10(6-12-4)11(9(2)3)7-13-8-11/h9-10,12H,5-8H2,1-4H3. The Labute approximate surface area is 82.0 Å². The van der Waals surface area contributed by atoms with Crippen LogP contribution in [0.25, 0.3) is 0 Å². The molecular weight excluding hydrogens is 162 g/mol. The largest absolute Gasteiger partial charge is 0.380 e. The number of hydrogen-bond donors (Lipinski definition) is 1. The zero-order chi connectivity index (χ0) is 9.90. The molecule has 78 valence electrons. The molecule has 1 aliphatic heterocycles. The highest BCUT2D eigenvalue weighted by atomic mass is 16.5. The maximum atomic E-state index is 5.40.